The Bertz CT molecular complexity index is 1780. The van der Waals surface area contributed by atoms with Crippen LogP contribution in [0.1, 0.15) is 82.7 Å². The number of hydrogen-bond acceptors (Lipinski definition) is 6. The van der Waals surface area contributed by atoms with Crippen LogP contribution in [-0.4, -0.2) is 47.3 Å². The van der Waals surface area contributed by atoms with Crippen LogP contribution in [0.15, 0.2) is 65.1 Å². The fourth-order valence-corrected chi connectivity index (χ4v) is 6.72. The summed E-state index contributed by atoms with van der Waals surface area (Å²) in [5.41, 5.74) is 4.48. The molecule has 0 aliphatic heterocycles. The average Bonchev–Trinajstić information content (AvgIpc) is 3.81. The van der Waals surface area contributed by atoms with Crippen molar-refractivity contribution >= 4 is 38.6 Å². The van der Waals surface area contributed by atoms with Crippen molar-refractivity contribution in [3.8, 4) is 11.3 Å². The first-order valence-electron chi connectivity index (χ1n) is 15.3. The first-order chi connectivity index (χ1) is 21.6. The van der Waals surface area contributed by atoms with Crippen LogP contribution >= 0.6 is 0 Å². The van der Waals surface area contributed by atoms with Gasteiger partial charge in [-0.05, 0) is 91.6 Å². The first-order valence-corrected chi connectivity index (χ1v) is 17.2. The van der Waals surface area contributed by atoms with Gasteiger partial charge in [-0.15, -0.1) is 0 Å². The van der Waals surface area contributed by atoms with Crippen molar-refractivity contribution in [3.05, 3.63) is 88.7 Å². The zero-order valence-corrected chi connectivity index (χ0v) is 26.7. The van der Waals surface area contributed by atoms with Crippen molar-refractivity contribution < 1.29 is 31.6 Å². The Morgan fingerprint density at radius 3 is 2.27 bits per heavy atom. The molecular formula is C35H39FN2O6S. The summed E-state index contributed by atoms with van der Waals surface area (Å²) in [5.74, 6) is -0.557. The van der Waals surface area contributed by atoms with Crippen LogP contribution in [0.25, 0.3) is 22.3 Å². The number of furan rings is 1. The molecule has 1 saturated carbocycles. The Morgan fingerprint density at radius 1 is 0.978 bits per heavy atom. The van der Waals surface area contributed by atoms with Crippen molar-refractivity contribution in [3.63, 3.8) is 0 Å². The monoisotopic (exact) mass is 634 g/mol. The number of ether oxygens (including phenoxy) is 1. The molecule has 1 N–H and O–H groups in total. The maximum absolute atomic E-state index is 13.7. The number of aryl methyl sites for hydroxylation is 1. The smallest absolute Gasteiger partial charge is 0.337 e. The third-order valence-electron chi connectivity index (χ3n) is 8.29. The van der Waals surface area contributed by atoms with Crippen LogP contribution < -0.4 is 9.62 Å². The predicted octanol–water partition coefficient (Wildman–Crippen LogP) is 7.22. The molecule has 0 bridgehead atoms. The van der Waals surface area contributed by atoms with Crippen LogP contribution in [0.5, 0.6) is 0 Å². The fraction of sp³-hybridized carbons (Fsp3) is 0.371. The van der Waals surface area contributed by atoms with Crippen LogP contribution in [0.3, 0.4) is 0 Å². The minimum Gasteiger partial charge on any atom is -0.465 e. The summed E-state index contributed by atoms with van der Waals surface area (Å²) in [6, 6.07) is 16.8. The van der Waals surface area contributed by atoms with Gasteiger partial charge in [0.25, 0.3) is 5.91 Å². The number of anilines is 1. The number of fused-ring (bicyclic) bond motifs is 1. The number of carbonyl (C=O) groups is 2. The molecule has 0 saturated heterocycles. The molecule has 3 aromatic carbocycles. The molecule has 0 spiro atoms. The summed E-state index contributed by atoms with van der Waals surface area (Å²) in [7, 11) is -0.694. The van der Waals surface area contributed by atoms with Gasteiger partial charge in [-0.2, -0.15) is 0 Å². The standard InChI is InChI=1S/C35H39FN2O6S/c1-37-34(39)32-29-21-28(24-14-15-24)30(22-31(29)44-33(32)25-16-18-27(36)19-17-25)38(45(3,41)42)20-8-6-4-5-7-9-23-10-12-26(13-11-23)35(40)43-2/h10-13,16-19,21-22,24H,4-9,14-15,20H2,1-3H3,(H,37,39). The number of halogens is 1. The molecular weight excluding hydrogens is 595 g/mol. The lowest BCUT2D eigenvalue weighted by atomic mass is 10.00. The number of nitrogens with zero attached hydrogens (tertiary/aromatic N) is 1. The van der Waals surface area contributed by atoms with E-state index in [-0.39, 0.29) is 17.8 Å². The van der Waals surface area contributed by atoms with E-state index >= 15 is 0 Å². The Labute approximate surface area is 263 Å². The predicted molar refractivity (Wildman–Crippen MR) is 174 cm³/mol. The molecule has 1 aromatic heterocycles. The molecule has 0 atom stereocenters. The molecule has 1 aliphatic carbocycles. The van der Waals surface area contributed by atoms with Gasteiger partial charge in [0.1, 0.15) is 17.2 Å². The lowest BCUT2D eigenvalue weighted by molar-refractivity contribution is 0.0600. The summed E-state index contributed by atoms with van der Waals surface area (Å²) in [5, 5.41) is 3.28. The van der Waals surface area contributed by atoms with Gasteiger partial charge < -0.3 is 14.5 Å². The Morgan fingerprint density at radius 2 is 1.64 bits per heavy atom. The molecule has 1 aliphatic rings. The summed E-state index contributed by atoms with van der Waals surface area (Å²) in [6.45, 7) is 0.340. The van der Waals surface area contributed by atoms with Crippen LogP contribution in [0.4, 0.5) is 10.1 Å². The number of nitrogens with one attached hydrogen (secondary N) is 1. The van der Waals surface area contributed by atoms with Crippen LogP contribution in [0, 0.1) is 5.82 Å². The number of sulfonamides is 1. The second-order valence-electron chi connectivity index (χ2n) is 11.6. The van der Waals surface area contributed by atoms with Gasteiger partial charge in [-0.3, -0.25) is 9.10 Å². The van der Waals surface area contributed by atoms with Crippen LogP contribution in [-0.2, 0) is 21.2 Å². The number of unbranched alkanes of at least 4 members (excludes halogenated alkanes) is 4. The van der Waals surface area contributed by atoms with E-state index in [0.717, 1.165) is 56.1 Å². The highest BCUT2D eigenvalue weighted by Crippen LogP contribution is 2.48. The van der Waals surface area contributed by atoms with E-state index in [1.807, 2.05) is 18.2 Å². The van der Waals surface area contributed by atoms with E-state index in [4.69, 9.17) is 9.15 Å². The molecule has 10 heteroatoms. The van der Waals surface area contributed by atoms with Gasteiger partial charge in [0.15, 0.2) is 0 Å². The van der Waals surface area contributed by atoms with Gasteiger partial charge in [0.05, 0.1) is 30.2 Å². The third-order valence-corrected chi connectivity index (χ3v) is 9.47. The fourth-order valence-electron chi connectivity index (χ4n) is 5.75. The number of methoxy groups -OCH3 is 1. The number of carbonyl (C=O) groups excluding carboxylic acids is 2. The Balaban J connectivity index is 1.31. The van der Waals surface area contributed by atoms with Gasteiger partial charge in [-0.1, -0.05) is 31.4 Å². The highest BCUT2D eigenvalue weighted by atomic mass is 32.2. The van der Waals surface area contributed by atoms with Crippen molar-refractivity contribution in [2.45, 2.75) is 57.3 Å². The largest absolute Gasteiger partial charge is 0.465 e. The quantitative estimate of drug-likeness (QED) is 0.116. The molecule has 238 valence electrons. The third kappa shape index (κ3) is 7.56. The summed E-state index contributed by atoms with van der Waals surface area (Å²) >= 11 is 0. The summed E-state index contributed by atoms with van der Waals surface area (Å²) < 4.78 is 52.3. The topological polar surface area (TPSA) is 106 Å². The zero-order chi connectivity index (χ0) is 32.1. The molecule has 4 aromatic rings. The number of benzene rings is 3. The average molecular weight is 635 g/mol. The molecule has 45 heavy (non-hydrogen) atoms. The highest BCUT2D eigenvalue weighted by Gasteiger charge is 2.33. The van der Waals surface area contributed by atoms with Gasteiger partial charge in [0, 0.05) is 30.6 Å². The lowest BCUT2D eigenvalue weighted by Crippen LogP contribution is -2.31. The molecule has 1 amide bonds. The second kappa shape index (κ2) is 13.9. The molecule has 5 rings (SSSR count). The molecule has 1 heterocycles. The molecule has 0 radical (unpaired) electrons. The maximum Gasteiger partial charge on any atom is 0.337 e. The van der Waals surface area contributed by atoms with E-state index in [2.05, 4.69) is 5.32 Å². The highest BCUT2D eigenvalue weighted by molar-refractivity contribution is 7.92. The number of hydrogen-bond donors (Lipinski definition) is 1. The number of amides is 1. The molecule has 0 unspecified atom stereocenters. The van der Waals surface area contributed by atoms with E-state index in [9.17, 15) is 22.4 Å². The Kier molecular flexibility index (Phi) is 9.92. The van der Waals surface area contributed by atoms with Crippen molar-refractivity contribution in [1.82, 2.24) is 5.32 Å². The summed E-state index contributed by atoms with van der Waals surface area (Å²) in [6.07, 6.45) is 8.58. The van der Waals surface area contributed by atoms with Crippen molar-refractivity contribution in [1.29, 1.82) is 0 Å². The van der Waals surface area contributed by atoms with Crippen molar-refractivity contribution in [2.24, 2.45) is 0 Å². The van der Waals surface area contributed by atoms with E-state index in [1.54, 1.807) is 37.4 Å². The molecule has 8 nitrogen and oxygen atoms in total. The number of rotatable bonds is 14. The van der Waals surface area contributed by atoms with E-state index < -0.39 is 15.8 Å². The first kappa shape index (κ1) is 32.2. The maximum atomic E-state index is 13.7. The lowest BCUT2D eigenvalue weighted by Gasteiger charge is -2.25. The second-order valence-corrected chi connectivity index (χ2v) is 13.5. The summed E-state index contributed by atoms with van der Waals surface area (Å²) in [4.78, 5) is 24.7. The van der Waals surface area contributed by atoms with Crippen LogP contribution in [0.2, 0.25) is 0 Å². The number of esters is 1. The van der Waals surface area contributed by atoms with Gasteiger partial charge >= 0.3 is 5.97 Å². The van der Waals surface area contributed by atoms with Gasteiger partial charge in [-0.25, -0.2) is 17.6 Å². The van der Waals surface area contributed by atoms with Crippen molar-refractivity contribution in [2.75, 3.05) is 31.3 Å². The normalized spacial score (nSPS) is 13.2. The minimum absolute atomic E-state index is 0.206. The van der Waals surface area contributed by atoms with E-state index in [1.165, 1.54) is 29.8 Å². The zero-order valence-electron chi connectivity index (χ0n) is 25.9. The molecule has 1 fully saturated rings. The van der Waals surface area contributed by atoms with Gasteiger partial charge in [0.2, 0.25) is 10.0 Å². The minimum atomic E-state index is -3.60. The Hall–Kier alpha value is -4.18. The van der Waals surface area contributed by atoms with E-state index in [0.29, 0.717) is 52.1 Å². The SMILES string of the molecule is CNC(=O)c1c(-c2ccc(F)cc2)oc2cc(N(CCCCCCCc3ccc(C(=O)OC)cc3)S(C)(=O)=O)c(C3CC3)cc12.